The first kappa shape index (κ1) is 21.4. The van der Waals surface area contributed by atoms with Gasteiger partial charge in [0.25, 0.3) is 0 Å². The van der Waals surface area contributed by atoms with Crippen molar-refractivity contribution in [2.75, 3.05) is 20.6 Å². The Morgan fingerprint density at radius 2 is 1.71 bits per heavy atom. The summed E-state index contributed by atoms with van der Waals surface area (Å²) in [7, 11) is 3.47. The van der Waals surface area contributed by atoms with E-state index in [0.29, 0.717) is 25.8 Å². The monoisotopic (exact) mass is 305 g/mol. The average molecular weight is 305 g/mol. The van der Waals surface area contributed by atoms with Crippen molar-refractivity contribution >= 4 is 17.9 Å². The number of hydrogen-bond donors (Lipinski definition) is 5. The summed E-state index contributed by atoms with van der Waals surface area (Å²) in [6.45, 7) is 2.21. The van der Waals surface area contributed by atoms with Gasteiger partial charge < -0.3 is 27.4 Å². The molecular formula is C12H27N5O4. The molecule has 0 aliphatic heterocycles. The van der Waals surface area contributed by atoms with Crippen molar-refractivity contribution in [1.82, 2.24) is 4.90 Å². The van der Waals surface area contributed by atoms with E-state index in [9.17, 15) is 9.59 Å². The molecule has 0 amide bonds. The van der Waals surface area contributed by atoms with Gasteiger partial charge in [-0.15, -0.1) is 0 Å². The third kappa shape index (κ3) is 12.9. The Bertz CT molecular complexity index is 343. The number of nitrogens with zero attached hydrogens (tertiary/aromatic N) is 2. The summed E-state index contributed by atoms with van der Waals surface area (Å²) in [5.41, 5.74) is 15.3. The number of carboxylic acids is 2. The Morgan fingerprint density at radius 3 is 1.95 bits per heavy atom. The molecule has 0 saturated heterocycles. The van der Waals surface area contributed by atoms with Crippen molar-refractivity contribution in [3.63, 3.8) is 0 Å². The molecule has 0 aromatic rings. The third-order valence-corrected chi connectivity index (χ3v) is 2.60. The quantitative estimate of drug-likeness (QED) is 0.213. The van der Waals surface area contributed by atoms with Crippen molar-refractivity contribution in [2.24, 2.45) is 22.2 Å². The number of aliphatic carboxylic acids is 2. The molecule has 0 aromatic carbocycles. The van der Waals surface area contributed by atoms with Crippen LogP contribution >= 0.6 is 0 Å². The molecule has 1 unspecified atom stereocenters. The SMILES string of the molecule is CCC(N)C(=O)O.CN(C)[C@@H](CCCN=C(N)N)C(=O)O. The summed E-state index contributed by atoms with van der Waals surface area (Å²) in [5.74, 6) is -1.70. The fraction of sp³-hybridized carbons (Fsp3) is 0.750. The highest BCUT2D eigenvalue weighted by molar-refractivity contribution is 5.75. The van der Waals surface area contributed by atoms with Crippen molar-refractivity contribution < 1.29 is 19.8 Å². The highest BCUT2D eigenvalue weighted by Crippen LogP contribution is 2.03. The van der Waals surface area contributed by atoms with E-state index >= 15 is 0 Å². The van der Waals surface area contributed by atoms with E-state index in [1.807, 2.05) is 0 Å². The van der Waals surface area contributed by atoms with Crippen LogP contribution in [0.25, 0.3) is 0 Å². The van der Waals surface area contributed by atoms with Crippen molar-refractivity contribution in [2.45, 2.75) is 38.3 Å². The van der Waals surface area contributed by atoms with Crippen LogP contribution in [0, 0.1) is 0 Å². The molecule has 0 saturated carbocycles. The maximum Gasteiger partial charge on any atom is 0.320 e. The molecule has 2 atom stereocenters. The van der Waals surface area contributed by atoms with Crippen LogP contribution in [0.4, 0.5) is 0 Å². The minimum Gasteiger partial charge on any atom is -0.480 e. The average Bonchev–Trinajstić information content (AvgIpc) is 2.36. The van der Waals surface area contributed by atoms with Gasteiger partial charge in [-0.2, -0.15) is 0 Å². The first-order valence-corrected chi connectivity index (χ1v) is 6.56. The highest BCUT2D eigenvalue weighted by atomic mass is 16.4. The number of aliphatic imine (C=N–C) groups is 1. The van der Waals surface area contributed by atoms with Crippen molar-refractivity contribution in [1.29, 1.82) is 0 Å². The van der Waals surface area contributed by atoms with E-state index in [1.54, 1.807) is 25.9 Å². The predicted molar refractivity (Wildman–Crippen MR) is 80.9 cm³/mol. The van der Waals surface area contributed by atoms with Crippen LogP contribution in [0.3, 0.4) is 0 Å². The molecule has 0 spiro atoms. The van der Waals surface area contributed by atoms with E-state index < -0.39 is 24.0 Å². The van der Waals surface area contributed by atoms with Crippen LogP contribution in [0.15, 0.2) is 4.99 Å². The predicted octanol–water partition coefficient (Wildman–Crippen LogP) is -1.14. The van der Waals surface area contributed by atoms with E-state index in [1.165, 1.54) is 0 Å². The number of nitrogens with two attached hydrogens (primary N) is 3. The topological polar surface area (TPSA) is 168 Å². The Hall–Kier alpha value is -1.87. The van der Waals surface area contributed by atoms with E-state index in [0.717, 1.165) is 0 Å². The largest absolute Gasteiger partial charge is 0.480 e. The summed E-state index contributed by atoms with van der Waals surface area (Å²) in [4.78, 5) is 26.0. The lowest BCUT2D eigenvalue weighted by Gasteiger charge is -2.19. The van der Waals surface area contributed by atoms with Gasteiger partial charge >= 0.3 is 11.9 Å². The van der Waals surface area contributed by atoms with Gasteiger partial charge in [0.1, 0.15) is 12.1 Å². The van der Waals surface area contributed by atoms with E-state index in [2.05, 4.69) is 4.99 Å². The fourth-order valence-corrected chi connectivity index (χ4v) is 1.27. The molecule has 8 N–H and O–H groups in total. The van der Waals surface area contributed by atoms with Gasteiger partial charge in [0.2, 0.25) is 0 Å². The highest BCUT2D eigenvalue weighted by Gasteiger charge is 2.18. The van der Waals surface area contributed by atoms with Gasteiger partial charge in [-0.25, -0.2) is 0 Å². The maximum atomic E-state index is 10.7. The maximum absolute atomic E-state index is 10.7. The Morgan fingerprint density at radius 1 is 1.19 bits per heavy atom. The number of hydrogen-bond acceptors (Lipinski definition) is 5. The molecular weight excluding hydrogens is 278 g/mol. The van der Waals surface area contributed by atoms with Crippen molar-refractivity contribution in [3.8, 4) is 0 Å². The molecule has 0 radical (unpaired) electrons. The number of guanidine groups is 1. The van der Waals surface area contributed by atoms with Gasteiger partial charge in [0.15, 0.2) is 5.96 Å². The Kier molecular flexibility index (Phi) is 12.2. The minimum atomic E-state index is -0.928. The molecule has 124 valence electrons. The zero-order valence-corrected chi connectivity index (χ0v) is 12.8. The molecule has 0 heterocycles. The molecule has 0 aliphatic carbocycles. The summed E-state index contributed by atoms with van der Waals surface area (Å²) < 4.78 is 0. The first-order chi connectivity index (χ1) is 9.63. The van der Waals surface area contributed by atoms with Crippen LogP contribution in [0.2, 0.25) is 0 Å². The lowest BCUT2D eigenvalue weighted by atomic mass is 10.1. The standard InChI is InChI=1S/C8H18N4O2.C4H9NO2/c1-12(2)6(7(13)14)4-3-5-11-8(9)10;1-2-3(5)4(6)7/h6H,3-5H2,1-2H3,(H,13,14)(H4,9,10,11);3H,2,5H2,1H3,(H,6,7)/t6-;/m0./s1. The summed E-state index contributed by atoms with van der Waals surface area (Å²) >= 11 is 0. The Balaban J connectivity index is 0. The number of carboxylic acid groups (broad SMARTS) is 2. The molecule has 0 aliphatic rings. The lowest BCUT2D eigenvalue weighted by Crippen LogP contribution is -2.35. The first-order valence-electron chi connectivity index (χ1n) is 6.56. The smallest absolute Gasteiger partial charge is 0.320 e. The second kappa shape index (κ2) is 11.9. The minimum absolute atomic E-state index is 0.0433. The summed E-state index contributed by atoms with van der Waals surface area (Å²) in [6, 6.07) is -1.15. The van der Waals surface area contributed by atoms with Crippen LogP contribution in [-0.4, -0.2) is 65.7 Å². The molecule has 0 fully saturated rings. The summed E-state index contributed by atoms with van der Waals surface area (Å²) in [5, 5.41) is 16.9. The number of likely N-dealkylation sites (N-methyl/N-ethyl adjacent to an activating group) is 1. The molecule has 9 nitrogen and oxygen atoms in total. The van der Waals surface area contributed by atoms with E-state index in [4.69, 9.17) is 27.4 Å². The van der Waals surface area contributed by atoms with Crippen LogP contribution < -0.4 is 17.2 Å². The second-order valence-electron chi connectivity index (χ2n) is 4.62. The van der Waals surface area contributed by atoms with E-state index in [-0.39, 0.29) is 5.96 Å². The second-order valence-corrected chi connectivity index (χ2v) is 4.62. The molecule has 0 rings (SSSR count). The number of rotatable bonds is 8. The van der Waals surface area contributed by atoms with Crippen molar-refractivity contribution in [3.05, 3.63) is 0 Å². The molecule has 0 aromatic heterocycles. The normalized spacial score (nSPS) is 12.8. The fourth-order valence-electron chi connectivity index (χ4n) is 1.27. The third-order valence-electron chi connectivity index (χ3n) is 2.60. The zero-order valence-electron chi connectivity index (χ0n) is 12.8. The molecule has 9 heteroatoms. The van der Waals surface area contributed by atoms with Gasteiger partial charge in [-0.05, 0) is 33.4 Å². The number of carbonyl (C=O) groups is 2. The Labute approximate surface area is 124 Å². The van der Waals surface area contributed by atoms with Gasteiger partial charge in [0.05, 0.1) is 0 Å². The van der Waals surface area contributed by atoms with Crippen LogP contribution in [0.5, 0.6) is 0 Å². The summed E-state index contributed by atoms with van der Waals surface area (Å²) in [6.07, 6.45) is 1.70. The molecule has 21 heavy (non-hydrogen) atoms. The van der Waals surface area contributed by atoms with Gasteiger partial charge in [0, 0.05) is 6.54 Å². The zero-order chi connectivity index (χ0) is 17.0. The lowest BCUT2D eigenvalue weighted by molar-refractivity contribution is -0.142. The van der Waals surface area contributed by atoms with Gasteiger partial charge in [-0.1, -0.05) is 6.92 Å². The van der Waals surface area contributed by atoms with Crippen LogP contribution in [-0.2, 0) is 9.59 Å². The molecule has 0 bridgehead atoms. The van der Waals surface area contributed by atoms with Crippen LogP contribution in [0.1, 0.15) is 26.2 Å². The van der Waals surface area contributed by atoms with Gasteiger partial charge in [-0.3, -0.25) is 19.5 Å².